The van der Waals surface area contributed by atoms with Crippen LogP contribution >= 0.6 is 11.8 Å². The zero-order valence-electron chi connectivity index (χ0n) is 19.5. The van der Waals surface area contributed by atoms with E-state index in [1.54, 1.807) is 25.6 Å². The maximum atomic E-state index is 12.9. The average Bonchev–Trinajstić information content (AvgIpc) is 3.14. The Morgan fingerprint density at radius 1 is 1.00 bits per heavy atom. The maximum Gasteiger partial charge on any atom is 0.339 e. The molecule has 2 aromatic carbocycles. The predicted octanol–water partition coefficient (Wildman–Crippen LogP) is 5.23. The van der Waals surface area contributed by atoms with E-state index in [-0.39, 0.29) is 12.1 Å². The molecule has 1 N–H and O–H groups in total. The van der Waals surface area contributed by atoms with Crippen LogP contribution in [0.25, 0.3) is 0 Å². The lowest BCUT2D eigenvalue weighted by atomic mass is 10.1. The van der Waals surface area contributed by atoms with E-state index in [9.17, 15) is 14.4 Å². The lowest BCUT2D eigenvalue weighted by Gasteiger charge is -2.32. The molecule has 0 unspecified atom stereocenters. The van der Waals surface area contributed by atoms with E-state index >= 15 is 0 Å². The largest absolute Gasteiger partial charge is 0.465 e. The van der Waals surface area contributed by atoms with Crippen LogP contribution in [0.5, 0.6) is 0 Å². The second-order valence-electron chi connectivity index (χ2n) is 8.05. The van der Waals surface area contributed by atoms with Crippen molar-refractivity contribution in [1.82, 2.24) is 4.98 Å². The molecule has 1 atom stereocenters. The minimum absolute atomic E-state index is 0.112. The number of benzene rings is 2. The highest BCUT2D eigenvalue weighted by Crippen LogP contribution is 2.47. The standard InChI is InChI=1S/C26H26N2O5S/c1-15-23(26(31)32-4)16(2)27-24(15)25(30)17(3)33-22(29)13-14-28-18-9-5-7-11-20(18)34-21-12-8-6-10-19(21)28/h5-12,17,27H,13-14H2,1-4H3/t17-/m0/s1. The van der Waals surface area contributed by atoms with Crippen LogP contribution in [0.4, 0.5) is 11.4 Å². The topological polar surface area (TPSA) is 88.7 Å². The van der Waals surface area contributed by atoms with Crippen molar-refractivity contribution in [1.29, 1.82) is 0 Å². The first-order valence-electron chi connectivity index (χ1n) is 11.0. The molecule has 0 amide bonds. The second-order valence-corrected chi connectivity index (χ2v) is 9.14. The molecule has 0 bridgehead atoms. The number of fused-ring (bicyclic) bond motifs is 2. The summed E-state index contributed by atoms with van der Waals surface area (Å²) in [6.07, 6.45) is -0.882. The van der Waals surface area contributed by atoms with Gasteiger partial charge in [0, 0.05) is 22.0 Å². The average molecular weight is 479 g/mol. The minimum Gasteiger partial charge on any atom is -0.465 e. The Morgan fingerprint density at radius 3 is 2.18 bits per heavy atom. The fourth-order valence-electron chi connectivity index (χ4n) is 4.14. The number of esters is 2. The first kappa shape index (κ1) is 23.6. The van der Waals surface area contributed by atoms with Crippen LogP contribution in [-0.2, 0) is 14.3 Å². The van der Waals surface area contributed by atoms with Crippen molar-refractivity contribution in [3.8, 4) is 0 Å². The Hall–Kier alpha value is -3.52. The van der Waals surface area contributed by atoms with Crippen LogP contribution in [0, 0.1) is 13.8 Å². The predicted molar refractivity (Wildman–Crippen MR) is 130 cm³/mol. The van der Waals surface area contributed by atoms with Gasteiger partial charge in [-0.05, 0) is 50.6 Å². The van der Waals surface area contributed by atoms with Gasteiger partial charge in [0.2, 0.25) is 5.78 Å². The van der Waals surface area contributed by atoms with Crippen LogP contribution in [0.15, 0.2) is 58.3 Å². The highest BCUT2D eigenvalue weighted by atomic mass is 32.2. The lowest BCUT2D eigenvalue weighted by molar-refractivity contribution is -0.146. The number of ketones is 1. The number of hydrogen-bond acceptors (Lipinski definition) is 7. The van der Waals surface area contributed by atoms with E-state index in [0.29, 0.717) is 23.4 Å². The number of anilines is 2. The molecule has 0 aliphatic carbocycles. The van der Waals surface area contributed by atoms with Crippen molar-refractivity contribution in [3.63, 3.8) is 0 Å². The summed E-state index contributed by atoms with van der Waals surface area (Å²) in [5.74, 6) is -1.38. The van der Waals surface area contributed by atoms with Crippen molar-refractivity contribution in [2.24, 2.45) is 0 Å². The van der Waals surface area contributed by atoms with Crippen LogP contribution in [0.3, 0.4) is 0 Å². The van der Waals surface area contributed by atoms with Gasteiger partial charge in [-0.25, -0.2) is 4.79 Å². The van der Waals surface area contributed by atoms with E-state index in [0.717, 1.165) is 21.2 Å². The number of aryl methyl sites for hydroxylation is 1. The van der Waals surface area contributed by atoms with E-state index in [4.69, 9.17) is 9.47 Å². The molecule has 34 heavy (non-hydrogen) atoms. The number of methoxy groups -OCH3 is 1. The van der Waals surface area contributed by atoms with Gasteiger partial charge in [0.15, 0.2) is 6.10 Å². The van der Waals surface area contributed by atoms with Crippen LogP contribution in [-0.4, -0.2) is 42.5 Å². The molecular weight excluding hydrogens is 452 g/mol. The second kappa shape index (κ2) is 9.77. The number of rotatable bonds is 7. The zero-order valence-corrected chi connectivity index (χ0v) is 20.3. The van der Waals surface area contributed by atoms with E-state index in [1.165, 1.54) is 14.0 Å². The molecule has 8 heteroatoms. The summed E-state index contributed by atoms with van der Waals surface area (Å²) < 4.78 is 10.3. The summed E-state index contributed by atoms with van der Waals surface area (Å²) >= 11 is 1.70. The molecule has 1 aliphatic rings. The molecule has 1 aliphatic heterocycles. The van der Waals surface area contributed by atoms with Gasteiger partial charge in [-0.3, -0.25) is 9.59 Å². The van der Waals surface area contributed by atoms with Gasteiger partial charge in [-0.15, -0.1) is 0 Å². The molecule has 1 aromatic heterocycles. The van der Waals surface area contributed by atoms with Crippen molar-refractivity contribution >= 4 is 40.9 Å². The number of hydrogen-bond donors (Lipinski definition) is 1. The molecule has 0 saturated heterocycles. The molecular formula is C26H26N2O5S. The van der Waals surface area contributed by atoms with Crippen LogP contribution in [0.1, 0.15) is 45.4 Å². The summed E-state index contributed by atoms with van der Waals surface area (Å²) in [6.45, 7) is 5.32. The summed E-state index contributed by atoms with van der Waals surface area (Å²) in [4.78, 5) is 44.9. The zero-order chi connectivity index (χ0) is 24.4. The van der Waals surface area contributed by atoms with Crippen molar-refractivity contribution < 1.29 is 23.9 Å². The minimum atomic E-state index is -0.994. The highest BCUT2D eigenvalue weighted by molar-refractivity contribution is 7.99. The first-order chi connectivity index (χ1) is 16.3. The smallest absolute Gasteiger partial charge is 0.339 e. The van der Waals surface area contributed by atoms with Gasteiger partial charge in [0.1, 0.15) is 0 Å². The molecule has 176 valence electrons. The lowest BCUT2D eigenvalue weighted by Crippen LogP contribution is -2.28. The fourth-order valence-corrected chi connectivity index (χ4v) is 5.24. The number of ether oxygens (including phenoxy) is 2. The monoisotopic (exact) mass is 478 g/mol. The number of H-pyrrole nitrogens is 1. The number of para-hydroxylation sites is 2. The molecule has 4 rings (SSSR count). The van der Waals surface area contributed by atoms with Crippen LogP contribution in [0.2, 0.25) is 0 Å². The van der Waals surface area contributed by atoms with Crippen molar-refractivity contribution in [2.75, 3.05) is 18.6 Å². The molecule has 3 aromatic rings. The third-order valence-electron chi connectivity index (χ3n) is 5.82. The Balaban J connectivity index is 1.44. The SMILES string of the molecule is COC(=O)c1c(C)[nH]c(C(=O)[C@H](C)OC(=O)CCN2c3ccccc3Sc3ccccc32)c1C. The number of nitrogens with one attached hydrogen (secondary N) is 1. The van der Waals surface area contributed by atoms with Crippen LogP contribution < -0.4 is 4.90 Å². The van der Waals surface area contributed by atoms with Gasteiger partial charge in [0.25, 0.3) is 0 Å². The third kappa shape index (κ3) is 4.46. The van der Waals surface area contributed by atoms with Gasteiger partial charge >= 0.3 is 11.9 Å². The van der Waals surface area contributed by atoms with Gasteiger partial charge in [0.05, 0.1) is 36.2 Å². The Labute approximate surface area is 202 Å². The third-order valence-corrected chi connectivity index (χ3v) is 6.95. The van der Waals surface area contributed by atoms with Gasteiger partial charge in [-0.1, -0.05) is 36.0 Å². The molecule has 0 saturated carbocycles. The summed E-state index contributed by atoms with van der Waals surface area (Å²) in [6, 6.07) is 16.1. The van der Waals surface area contributed by atoms with E-state index in [1.807, 2.05) is 36.4 Å². The molecule has 0 fully saturated rings. The molecule has 2 heterocycles. The molecule has 7 nitrogen and oxygen atoms in total. The number of aromatic nitrogens is 1. The number of aromatic amines is 1. The first-order valence-corrected chi connectivity index (χ1v) is 11.8. The van der Waals surface area contributed by atoms with Gasteiger partial charge < -0.3 is 19.4 Å². The number of carbonyl (C=O) groups excluding carboxylic acids is 3. The summed E-state index contributed by atoms with van der Waals surface area (Å²) in [5.41, 5.74) is 3.66. The van der Waals surface area contributed by atoms with Crippen molar-refractivity contribution in [3.05, 3.63) is 71.0 Å². The van der Waals surface area contributed by atoms with Crippen molar-refractivity contribution in [2.45, 2.75) is 43.1 Å². The fraction of sp³-hybridized carbons (Fsp3) is 0.269. The molecule has 0 spiro atoms. The van der Waals surface area contributed by atoms with E-state index < -0.39 is 23.8 Å². The van der Waals surface area contributed by atoms with Gasteiger partial charge in [-0.2, -0.15) is 0 Å². The Kier molecular flexibility index (Phi) is 6.79. The number of nitrogens with zero attached hydrogens (tertiary/aromatic N) is 1. The molecule has 0 radical (unpaired) electrons. The Bertz CT molecular complexity index is 1220. The summed E-state index contributed by atoms with van der Waals surface area (Å²) in [7, 11) is 1.29. The quantitative estimate of drug-likeness (QED) is 0.368. The maximum absolute atomic E-state index is 12.9. The van der Waals surface area contributed by atoms with E-state index in [2.05, 4.69) is 22.0 Å². The number of Topliss-reactive ketones (excluding diaryl/α,β-unsaturated/α-hetero) is 1. The normalized spacial score (nSPS) is 13.0. The summed E-state index contributed by atoms with van der Waals surface area (Å²) in [5, 5.41) is 0. The Morgan fingerprint density at radius 2 is 1.59 bits per heavy atom. The number of carbonyl (C=O) groups is 3. The highest BCUT2D eigenvalue weighted by Gasteiger charge is 2.28.